The van der Waals surface area contributed by atoms with Crippen LogP contribution in [0.2, 0.25) is 5.02 Å². The minimum Gasteiger partial charge on any atom is -0.324 e. The van der Waals surface area contributed by atoms with E-state index in [2.05, 4.69) is 26.6 Å². The molecule has 0 saturated heterocycles. The molecule has 102 valence electrons. The molecule has 2 aromatic carbocycles. The lowest BCUT2D eigenvalue weighted by Gasteiger charge is -2.13. The minimum absolute atomic E-state index is 0.0270. The average Bonchev–Trinajstić information content (AvgIpc) is 2.75. The molecule has 0 saturated carbocycles. The number of anilines is 1. The number of benzene rings is 2. The van der Waals surface area contributed by atoms with Gasteiger partial charge in [0.05, 0.1) is 0 Å². The van der Waals surface area contributed by atoms with Crippen molar-refractivity contribution in [1.82, 2.24) is 5.32 Å². The largest absolute Gasteiger partial charge is 0.324 e. The number of halogens is 2. The van der Waals surface area contributed by atoms with E-state index < -0.39 is 0 Å². The summed E-state index contributed by atoms with van der Waals surface area (Å²) >= 11 is 9.36. The van der Waals surface area contributed by atoms with Gasteiger partial charge < -0.3 is 5.32 Å². The predicted octanol–water partition coefficient (Wildman–Crippen LogP) is 3.89. The van der Waals surface area contributed by atoms with Crippen LogP contribution in [0.15, 0.2) is 46.9 Å². The van der Waals surface area contributed by atoms with Gasteiger partial charge in [0.2, 0.25) is 5.91 Å². The molecule has 20 heavy (non-hydrogen) atoms. The van der Waals surface area contributed by atoms with Crippen LogP contribution in [-0.4, -0.2) is 5.91 Å². The van der Waals surface area contributed by atoms with Crippen LogP contribution in [0.5, 0.6) is 0 Å². The van der Waals surface area contributed by atoms with Crippen molar-refractivity contribution in [2.75, 3.05) is 5.32 Å². The Bertz CT molecular complexity index is 657. The van der Waals surface area contributed by atoms with Crippen LogP contribution in [0.3, 0.4) is 0 Å². The summed E-state index contributed by atoms with van der Waals surface area (Å²) in [5, 5.41) is 6.87. The quantitative estimate of drug-likeness (QED) is 0.881. The fraction of sp³-hybridized carbons (Fsp3) is 0.133. The van der Waals surface area contributed by atoms with Crippen molar-refractivity contribution in [1.29, 1.82) is 0 Å². The summed E-state index contributed by atoms with van der Waals surface area (Å²) in [7, 11) is 0. The Balaban J connectivity index is 1.79. The lowest BCUT2D eigenvalue weighted by Crippen LogP contribution is -2.27. The van der Waals surface area contributed by atoms with Gasteiger partial charge in [0, 0.05) is 27.3 Å². The number of fused-ring (bicyclic) bond motifs is 1. The van der Waals surface area contributed by atoms with Crippen LogP contribution in [-0.2, 0) is 11.3 Å². The van der Waals surface area contributed by atoms with Gasteiger partial charge in [-0.05, 0) is 29.8 Å². The zero-order valence-corrected chi connectivity index (χ0v) is 12.8. The van der Waals surface area contributed by atoms with E-state index in [0.29, 0.717) is 11.6 Å². The highest BCUT2D eigenvalue weighted by Gasteiger charge is 2.31. The Kier molecular flexibility index (Phi) is 3.78. The van der Waals surface area contributed by atoms with Crippen molar-refractivity contribution in [2.45, 2.75) is 12.6 Å². The first-order valence-corrected chi connectivity index (χ1v) is 7.39. The molecular formula is C15H12BrClN2O. The highest BCUT2D eigenvalue weighted by molar-refractivity contribution is 9.10. The van der Waals surface area contributed by atoms with Gasteiger partial charge in [0.1, 0.15) is 6.04 Å². The standard InChI is InChI=1S/C15H12BrClN2O/c16-11-2-1-3-12-13(11)14(15(20)19-12)18-8-9-4-6-10(17)7-5-9/h1-7,14,18H,8H2,(H,19,20). The van der Waals surface area contributed by atoms with Crippen LogP contribution in [0.1, 0.15) is 17.2 Å². The van der Waals surface area contributed by atoms with Crippen LogP contribution in [0.4, 0.5) is 5.69 Å². The second-order valence-corrected chi connectivity index (χ2v) is 5.92. The molecule has 5 heteroatoms. The Labute approximate surface area is 130 Å². The van der Waals surface area contributed by atoms with Crippen molar-refractivity contribution in [2.24, 2.45) is 0 Å². The Morgan fingerprint density at radius 2 is 1.95 bits per heavy atom. The summed E-state index contributed by atoms with van der Waals surface area (Å²) in [6, 6.07) is 13.0. The molecule has 0 aliphatic carbocycles. The molecule has 2 aromatic rings. The zero-order chi connectivity index (χ0) is 14.1. The van der Waals surface area contributed by atoms with Gasteiger partial charge in [-0.3, -0.25) is 10.1 Å². The van der Waals surface area contributed by atoms with Gasteiger partial charge in [0.25, 0.3) is 0 Å². The van der Waals surface area contributed by atoms with Crippen LogP contribution in [0, 0.1) is 0 Å². The second-order valence-electron chi connectivity index (χ2n) is 4.63. The molecule has 1 unspecified atom stereocenters. The molecule has 1 heterocycles. The second kappa shape index (κ2) is 5.56. The van der Waals surface area contributed by atoms with Crippen molar-refractivity contribution in [3.63, 3.8) is 0 Å². The normalized spacial score (nSPS) is 16.9. The van der Waals surface area contributed by atoms with Gasteiger partial charge in [-0.2, -0.15) is 0 Å². The van der Waals surface area contributed by atoms with Crippen LogP contribution in [0.25, 0.3) is 0 Å². The fourth-order valence-electron chi connectivity index (χ4n) is 2.29. The first-order chi connectivity index (χ1) is 9.65. The molecule has 2 N–H and O–H groups in total. The molecule has 0 radical (unpaired) electrons. The molecule has 0 bridgehead atoms. The van der Waals surface area contributed by atoms with E-state index in [1.54, 1.807) is 0 Å². The number of carbonyl (C=O) groups is 1. The average molecular weight is 352 g/mol. The summed E-state index contributed by atoms with van der Waals surface area (Å²) in [5.74, 6) is -0.0270. The maximum absolute atomic E-state index is 12.0. The fourth-order valence-corrected chi connectivity index (χ4v) is 3.01. The minimum atomic E-state index is -0.337. The monoisotopic (exact) mass is 350 g/mol. The molecule has 0 aromatic heterocycles. The number of nitrogens with one attached hydrogen (secondary N) is 2. The van der Waals surface area contributed by atoms with E-state index in [1.165, 1.54) is 0 Å². The van der Waals surface area contributed by atoms with Crippen molar-refractivity contribution >= 4 is 39.1 Å². The number of amides is 1. The van der Waals surface area contributed by atoms with Gasteiger partial charge >= 0.3 is 0 Å². The van der Waals surface area contributed by atoms with Gasteiger partial charge in [0.15, 0.2) is 0 Å². The topological polar surface area (TPSA) is 41.1 Å². The lowest BCUT2D eigenvalue weighted by molar-refractivity contribution is -0.117. The maximum Gasteiger partial charge on any atom is 0.246 e. The zero-order valence-electron chi connectivity index (χ0n) is 10.5. The van der Waals surface area contributed by atoms with Gasteiger partial charge in [-0.1, -0.05) is 45.7 Å². The first kappa shape index (κ1) is 13.6. The van der Waals surface area contributed by atoms with Crippen LogP contribution < -0.4 is 10.6 Å². The highest BCUT2D eigenvalue weighted by atomic mass is 79.9. The molecule has 0 spiro atoms. The summed E-state index contributed by atoms with van der Waals surface area (Å²) in [4.78, 5) is 12.0. The third-order valence-corrected chi connectivity index (χ3v) is 4.23. The van der Waals surface area contributed by atoms with E-state index in [-0.39, 0.29) is 11.9 Å². The van der Waals surface area contributed by atoms with Crippen molar-refractivity contribution in [3.05, 3.63) is 63.1 Å². The van der Waals surface area contributed by atoms with E-state index >= 15 is 0 Å². The molecular weight excluding hydrogens is 340 g/mol. The van der Waals surface area contributed by atoms with E-state index in [1.807, 2.05) is 42.5 Å². The smallest absolute Gasteiger partial charge is 0.246 e. The molecule has 1 aliphatic heterocycles. The predicted molar refractivity (Wildman–Crippen MR) is 83.8 cm³/mol. The van der Waals surface area contributed by atoms with E-state index in [9.17, 15) is 4.79 Å². The van der Waals surface area contributed by atoms with Crippen molar-refractivity contribution < 1.29 is 4.79 Å². The van der Waals surface area contributed by atoms with Crippen molar-refractivity contribution in [3.8, 4) is 0 Å². The Morgan fingerprint density at radius 1 is 1.20 bits per heavy atom. The maximum atomic E-state index is 12.0. The van der Waals surface area contributed by atoms with E-state index in [0.717, 1.165) is 21.3 Å². The molecule has 1 aliphatic rings. The summed E-state index contributed by atoms with van der Waals surface area (Å²) in [5.41, 5.74) is 2.91. The lowest BCUT2D eigenvalue weighted by atomic mass is 10.1. The summed E-state index contributed by atoms with van der Waals surface area (Å²) < 4.78 is 0.932. The molecule has 1 amide bonds. The number of hydrogen-bond acceptors (Lipinski definition) is 2. The number of rotatable bonds is 3. The first-order valence-electron chi connectivity index (χ1n) is 6.22. The van der Waals surface area contributed by atoms with Gasteiger partial charge in [-0.15, -0.1) is 0 Å². The number of carbonyl (C=O) groups excluding carboxylic acids is 1. The van der Waals surface area contributed by atoms with Gasteiger partial charge in [-0.25, -0.2) is 0 Å². The molecule has 3 rings (SSSR count). The third-order valence-electron chi connectivity index (χ3n) is 3.29. The number of hydrogen-bond donors (Lipinski definition) is 2. The molecule has 1 atom stereocenters. The Hall–Kier alpha value is -1.36. The van der Waals surface area contributed by atoms with Crippen LogP contribution >= 0.6 is 27.5 Å². The SMILES string of the molecule is O=C1Nc2cccc(Br)c2C1NCc1ccc(Cl)cc1. The highest BCUT2D eigenvalue weighted by Crippen LogP contribution is 2.36. The summed E-state index contributed by atoms with van der Waals surface area (Å²) in [6.07, 6.45) is 0. The van der Waals surface area contributed by atoms with E-state index in [4.69, 9.17) is 11.6 Å². The molecule has 0 fully saturated rings. The Morgan fingerprint density at radius 3 is 2.70 bits per heavy atom. The third kappa shape index (κ3) is 2.59. The molecule has 3 nitrogen and oxygen atoms in total. The summed E-state index contributed by atoms with van der Waals surface area (Å²) in [6.45, 7) is 0.607.